The monoisotopic (exact) mass is 369 g/mol. The Morgan fingerprint density at radius 2 is 1.65 bits per heavy atom. The number of rotatable bonds is 4. The number of hydrogen-bond donors (Lipinski definition) is 3. The summed E-state index contributed by atoms with van der Waals surface area (Å²) in [5.74, 6) is 2.35. The third-order valence-electron chi connectivity index (χ3n) is 3.82. The van der Waals surface area contributed by atoms with Crippen LogP contribution in [0.3, 0.4) is 0 Å². The first-order valence-electron chi connectivity index (χ1n) is 7.99. The Bertz CT molecular complexity index is 951. The second-order valence-electron chi connectivity index (χ2n) is 5.57. The van der Waals surface area contributed by atoms with Gasteiger partial charge >= 0.3 is 0 Å². The molecule has 0 amide bonds. The highest BCUT2D eigenvalue weighted by Gasteiger charge is 2.14. The van der Waals surface area contributed by atoms with Crippen molar-refractivity contribution in [2.24, 2.45) is 0 Å². The lowest BCUT2D eigenvalue weighted by Gasteiger charge is -2.19. The van der Waals surface area contributed by atoms with Gasteiger partial charge in [-0.05, 0) is 24.3 Å². The smallest absolute Gasteiger partial charge is 0.163 e. The summed E-state index contributed by atoms with van der Waals surface area (Å²) in [6, 6.07) is 12.9. The van der Waals surface area contributed by atoms with Gasteiger partial charge in [0.05, 0.1) is 10.7 Å². The van der Waals surface area contributed by atoms with Crippen molar-refractivity contribution in [2.45, 2.75) is 0 Å². The van der Waals surface area contributed by atoms with E-state index in [1.54, 1.807) is 6.07 Å². The van der Waals surface area contributed by atoms with E-state index in [0.29, 0.717) is 47.0 Å². The third-order valence-corrected chi connectivity index (χ3v) is 4.15. The molecule has 8 heteroatoms. The summed E-state index contributed by atoms with van der Waals surface area (Å²) in [4.78, 5) is 8.41. The summed E-state index contributed by atoms with van der Waals surface area (Å²) in [7, 11) is 0. The Morgan fingerprint density at radius 3 is 2.46 bits per heavy atom. The van der Waals surface area contributed by atoms with Crippen LogP contribution in [0.1, 0.15) is 0 Å². The van der Waals surface area contributed by atoms with Crippen molar-refractivity contribution in [3.8, 4) is 11.5 Å². The highest BCUT2D eigenvalue weighted by molar-refractivity contribution is 6.33. The second-order valence-corrected chi connectivity index (χ2v) is 5.98. The molecule has 4 N–H and O–H groups in total. The molecule has 1 aromatic heterocycles. The highest BCUT2D eigenvalue weighted by Crippen LogP contribution is 2.35. The summed E-state index contributed by atoms with van der Waals surface area (Å²) in [6.07, 6.45) is 1.43. The lowest BCUT2D eigenvalue weighted by atomic mass is 10.2. The number of nitrogens with one attached hydrogen (secondary N) is 2. The number of benzene rings is 2. The molecule has 0 aliphatic carbocycles. The summed E-state index contributed by atoms with van der Waals surface area (Å²) in [6.45, 7) is 1.08. The van der Waals surface area contributed by atoms with E-state index in [9.17, 15) is 0 Å². The summed E-state index contributed by atoms with van der Waals surface area (Å²) in [5, 5.41) is 6.88. The van der Waals surface area contributed by atoms with Crippen LogP contribution in [-0.2, 0) is 0 Å². The van der Waals surface area contributed by atoms with Gasteiger partial charge in [-0.2, -0.15) is 0 Å². The number of halogens is 1. The lowest BCUT2D eigenvalue weighted by Crippen LogP contribution is -2.15. The molecule has 26 heavy (non-hydrogen) atoms. The molecule has 4 rings (SSSR count). The van der Waals surface area contributed by atoms with Crippen LogP contribution < -0.4 is 25.8 Å². The molecule has 2 heterocycles. The molecule has 1 aliphatic rings. The van der Waals surface area contributed by atoms with Crippen LogP contribution >= 0.6 is 11.6 Å². The van der Waals surface area contributed by atoms with Crippen LogP contribution in [0, 0.1) is 0 Å². The van der Waals surface area contributed by atoms with E-state index < -0.39 is 0 Å². The molecular weight excluding hydrogens is 354 g/mol. The van der Waals surface area contributed by atoms with Crippen LogP contribution in [0.5, 0.6) is 11.5 Å². The number of para-hydroxylation sites is 1. The topological polar surface area (TPSA) is 94.3 Å². The zero-order valence-corrected chi connectivity index (χ0v) is 14.5. The number of nitrogens with zero attached hydrogens (tertiary/aromatic N) is 2. The number of hydrogen-bond acceptors (Lipinski definition) is 7. The fourth-order valence-electron chi connectivity index (χ4n) is 2.54. The molecule has 0 radical (unpaired) electrons. The number of aromatic nitrogens is 2. The van der Waals surface area contributed by atoms with Crippen molar-refractivity contribution in [3.05, 3.63) is 53.8 Å². The van der Waals surface area contributed by atoms with Crippen molar-refractivity contribution in [1.29, 1.82) is 0 Å². The molecule has 0 saturated heterocycles. The predicted molar refractivity (Wildman–Crippen MR) is 102 cm³/mol. The van der Waals surface area contributed by atoms with Crippen LogP contribution in [0.4, 0.5) is 28.7 Å². The fraction of sp³-hybridized carbons (Fsp3) is 0.111. The minimum Gasteiger partial charge on any atom is -0.486 e. The fourth-order valence-corrected chi connectivity index (χ4v) is 2.73. The van der Waals surface area contributed by atoms with Crippen molar-refractivity contribution in [2.75, 3.05) is 29.6 Å². The minimum absolute atomic E-state index is 0.377. The maximum atomic E-state index is 6.22. The molecule has 0 unspecified atom stereocenters. The molecule has 7 nitrogen and oxygen atoms in total. The Kier molecular flexibility index (Phi) is 4.37. The highest BCUT2D eigenvalue weighted by atomic mass is 35.5. The van der Waals surface area contributed by atoms with Crippen molar-refractivity contribution < 1.29 is 9.47 Å². The van der Waals surface area contributed by atoms with Crippen LogP contribution in [0.25, 0.3) is 0 Å². The molecule has 0 fully saturated rings. The zero-order chi connectivity index (χ0) is 17.9. The maximum absolute atomic E-state index is 6.22. The zero-order valence-electron chi connectivity index (χ0n) is 13.7. The average Bonchev–Trinajstić information content (AvgIpc) is 2.66. The van der Waals surface area contributed by atoms with Crippen LogP contribution in [0.15, 0.2) is 48.8 Å². The molecular formula is C18H16ClN5O2. The van der Waals surface area contributed by atoms with E-state index in [1.165, 1.54) is 6.33 Å². The van der Waals surface area contributed by atoms with Gasteiger partial charge in [-0.15, -0.1) is 0 Å². The molecule has 0 saturated carbocycles. The van der Waals surface area contributed by atoms with Gasteiger partial charge in [-0.25, -0.2) is 9.97 Å². The van der Waals surface area contributed by atoms with Crippen LogP contribution in [0.2, 0.25) is 5.02 Å². The van der Waals surface area contributed by atoms with Gasteiger partial charge in [-0.3, -0.25) is 0 Å². The van der Waals surface area contributed by atoms with Gasteiger partial charge in [0.2, 0.25) is 0 Å². The van der Waals surface area contributed by atoms with Gasteiger partial charge in [-0.1, -0.05) is 23.7 Å². The van der Waals surface area contributed by atoms with E-state index >= 15 is 0 Å². The average molecular weight is 370 g/mol. The SMILES string of the molecule is Nc1c(Nc2ccc3c(c2)OCCO3)ncnc1Nc1ccccc1Cl. The normalized spacial score (nSPS) is 12.5. The maximum Gasteiger partial charge on any atom is 0.163 e. The van der Waals surface area contributed by atoms with Crippen LogP contribution in [-0.4, -0.2) is 23.2 Å². The largest absolute Gasteiger partial charge is 0.486 e. The molecule has 132 valence electrons. The standard InChI is InChI=1S/C18H16ClN5O2/c19-12-3-1-2-4-13(12)24-18-16(20)17(21-10-22-18)23-11-5-6-14-15(9-11)26-8-7-25-14/h1-6,9-10H,7-8,20H2,(H2,21,22,23,24). The Balaban J connectivity index is 1.59. The van der Waals surface area contributed by atoms with Gasteiger partial charge in [0.1, 0.15) is 25.2 Å². The summed E-state index contributed by atoms with van der Waals surface area (Å²) >= 11 is 6.18. The minimum atomic E-state index is 0.377. The van der Waals surface area contributed by atoms with Gasteiger partial charge in [0.15, 0.2) is 23.1 Å². The van der Waals surface area contributed by atoms with Crippen molar-refractivity contribution >= 4 is 40.3 Å². The first-order valence-corrected chi connectivity index (χ1v) is 8.37. The second kappa shape index (κ2) is 6.97. The van der Waals surface area contributed by atoms with E-state index in [0.717, 1.165) is 11.4 Å². The quantitative estimate of drug-likeness (QED) is 0.640. The van der Waals surface area contributed by atoms with Gasteiger partial charge in [0.25, 0.3) is 0 Å². The molecule has 2 aromatic carbocycles. The third kappa shape index (κ3) is 3.29. The molecule has 3 aromatic rings. The number of fused-ring (bicyclic) bond motifs is 1. The predicted octanol–water partition coefficient (Wildman–Crippen LogP) is 3.97. The summed E-state index contributed by atoms with van der Waals surface area (Å²) in [5.41, 5.74) is 8.09. The Labute approximate surface area is 155 Å². The molecule has 0 spiro atoms. The van der Waals surface area contributed by atoms with E-state index in [2.05, 4.69) is 20.6 Å². The number of nitrogen functional groups attached to an aromatic ring is 1. The number of ether oxygens (including phenoxy) is 2. The van der Waals surface area contributed by atoms with Crippen molar-refractivity contribution in [3.63, 3.8) is 0 Å². The summed E-state index contributed by atoms with van der Waals surface area (Å²) < 4.78 is 11.1. The van der Waals surface area contributed by atoms with Gasteiger partial charge in [0, 0.05) is 11.8 Å². The van der Waals surface area contributed by atoms with Crippen molar-refractivity contribution in [1.82, 2.24) is 9.97 Å². The number of nitrogens with two attached hydrogens (primary N) is 1. The molecule has 1 aliphatic heterocycles. The first-order chi connectivity index (χ1) is 12.7. The lowest BCUT2D eigenvalue weighted by molar-refractivity contribution is 0.171. The van der Waals surface area contributed by atoms with E-state index in [-0.39, 0.29) is 0 Å². The molecule has 0 bridgehead atoms. The Morgan fingerprint density at radius 1 is 0.923 bits per heavy atom. The Hall–Kier alpha value is -3.19. The molecule has 0 atom stereocenters. The van der Waals surface area contributed by atoms with E-state index in [4.69, 9.17) is 26.8 Å². The number of anilines is 5. The van der Waals surface area contributed by atoms with Gasteiger partial charge < -0.3 is 25.8 Å². The van der Waals surface area contributed by atoms with E-state index in [1.807, 2.05) is 36.4 Å². The first kappa shape index (κ1) is 16.3.